The Bertz CT molecular complexity index is 719. The normalized spacial score (nSPS) is 10.4. The van der Waals surface area contributed by atoms with Crippen molar-refractivity contribution < 1.29 is 14.3 Å². The van der Waals surface area contributed by atoms with Crippen molar-refractivity contribution >= 4 is 17.3 Å². The summed E-state index contributed by atoms with van der Waals surface area (Å²) in [6.07, 6.45) is 3.23. The number of pyridine rings is 1. The number of ether oxygens (including phenoxy) is 2. The number of nitrogens with zero attached hydrogens (tertiary/aromatic N) is 2. The van der Waals surface area contributed by atoms with Gasteiger partial charge >= 0.3 is 0 Å². The van der Waals surface area contributed by atoms with Crippen LogP contribution in [0.25, 0.3) is 0 Å². The number of likely N-dealkylation sites (N-methyl/N-ethyl adjacent to an activating group) is 1. The minimum atomic E-state index is -0.257. The smallest absolute Gasteiger partial charge is 0.257 e. The average molecular weight is 344 g/mol. The van der Waals surface area contributed by atoms with E-state index in [2.05, 4.69) is 20.5 Å². The number of hydrogen-bond acceptors (Lipinski definition) is 6. The second-order valence-corrected chi connectivity index (χ2v) is 5.71. The lowest BCUT2D eigenvalue weighted by Gasteiger charge is -2.13. The number of aromatic nitrogens is 1. The number of benzene rings is 1. The fourth-order valence-corrected chi connectivity index (χ4v) is 2.18. The van der Waals surface area contributed by atoms with Gasteiger partial charge in [0, 0.05) is 31.5 Å². The first-order valence-electron chi connectivity index (χ1n) is 7.90. The van der Waals surface area contributed by atoms with Crippen LogP contribution in [0.5, 0.6) is 11.5 Å². The van der Waals surface area contributed by atoms with E-state index in [-0.39, 0.29) is 5.91 Å². The van der Waals surface area contributed by atoms with Crippen LogP contribution < -0.4 is 20.1 Å². The van der Waals surface area contributed by atoms with Crippen molar-refractivity contribution in [1.29, 1.82) is 0 Å². The summed E-state index contributed by atoms with van der Waals surface area (Å²) >= 11 is 0. The molecule has 7 nitrogen and oxygen atoms in total. The lowest BCUT2D eigenvalue weighted by Crippen LogP contribution is -2.21. The molecule has 0 radical (unpaired) electrons. The molecule has 25 heavy (non-hydrogen) atoms. The predicted octanol–water partition coefficient (Wildman–Crippen LogP) is 2.32. The number of nitrogens with one attached hydrogen (secondary N) is 2. The third-order valence-corrected chi connectivity index (χ3v) is 3.55. The highest BCUT2D eigenvalue weighted by Crippen LogP contribution is 2.29. The molecule has 0 saturated carbocycles. The largest absolute Gasteiger partial charge is 0.497 e. The van der Waals surface area contributed by atoms with Crippen molar-refractivity contribution in [3.8, 4) is 11.5 Å². The van der Waals surface area contributed by atoms with Crippen molar-refractivity contribution in [2.24, 2.45) is 0 Å². The van der Waals surface area contributed by atoms with E-state index in [0.717, 1.165) is 18.8 Å². The number of hydrogen-bond donors (Lipinski definition) is 2. The van der Waals surface area contributed by atoms with Gasteiger partial charge in [0.15, 0.2) is 0 Å². The number of anilines is 2. The number of carbonyl (C=O) groups excluding carboxylic acids is 1. The van der Waals surface area contributed by atoms with Crippen LogP contribution in [-0.2, 0) is 0 Å². The van der Waals surface area contributed by atoms with Crippen LogP contribution in [0.15, 0.2) is 36.7 Å². The van der Waals surface area contributed by atoms with Crippen molar-refractivity contribution in [2.75, 3.05) is 52.0 Å². The van der Waals surface area contributed by atoms with Gasteiger partial charge < -0.3 is 25.0 Å². The van der Waals surface area contributed by atoms with E-state index in [0.29, 0.717) is 22.7 Å². The summed E-state index contributed by atoms with van der Waals surface area (Å²) in [6, 6.07) is 6.98. The van der Waals surface area contributed by atoms with Crippen molar-refractivity contribution in [3.63, 3.8) is 0 Å². The zero-order valence-electron chi connectivity index (χ0n) is 15.0. The molecule has 0 aliphatic rings. The van der Waals surface area contributed by atoms with Crippen LogP contribution in [0, 0.1) is 0 Å². The third-order valence-electron chi connectivity index (χ3n) is 3.55. The van der Waals surface area contributed by atoms with Crippen LogP contribution in [0.1, 0.15) is 10.4 Å². The molecule has 1 aromatic heterocycles. The third kappa shape index (κ3) is 5.36. The maximum absolute atomic E-state index is 12.5. The lowest BCUT2D eigenvalue weighted by atomic mass is 10.2. The first-order valence-corrected chi connectivity index (χ1v) is 7.90. The molecule has 0 atom stereocenters. The fraction of sp³-hybridized carbons (Fsp3) is 0.333. The standard InChI is InChI=1S/C18H24N4O3/c1-22(2)8-7-20-14-9-13(11-19-12-14)18(23)21-16-6-5-15(24-3)10-17(16)25-4/h5-6,9-12,20H,7-8H2,1-4H3,(H,21,23). The topological polar surface area (TPSA) is 75.7 Å². The van der Waals surface area contributed by atoms with Gasteiger partial charge in [0.1, 0.15) is 11.5 Å². The maximum Gasteiger partial charge on any atom is 0.257 e. The molecule has 2 aromatic rings. The van der Waals surface area contributed by atoms with Crippen LogP contribution in [-0.4, -0.2) is 57.2 Å². The van der Waals surface area contributed by atoms with E-state index in [1.165, 1.54) is 6.20 Å². The summed E-state index contributed by atoms with van der Waals surface area (Å²) in [5, 5.41) is 6.08. The molecule has 1 heterocycles. The van der Waals surface area contributed by atoms with E-state index in [1.807, 2.05) is 14.1 Å². The van der Waals surface area contributed by atoms with Gasteiger partial charge in [-0.1, -0.05) is 0 Å². The van der Waals surface area contributed by atoms with Crippen LogP contribution in [0.2, 0.25) is 0 Å². The second kappa shape index (κ2) is 8.89. The van der Waals surface area contributed by atoms with E-state index in [9.17, 15) is 4.79 Å². The summed E-state index contributed by atoms with van der Waals surface area (Å²) in [7, 11) is 7.13. The summed E-state index contributed by atoms with van der Waals surface area (Å²) in [6.45, 7) is 1.66. The fourth-order valence-electron chi connectivity index (χ4n) is 2.18. The van der Waals surface area contributed by atoms with Gasteiger partial charge in [-0.2, -0.15) is 0 Å². The summed E-state index contributed by atoms with van der Waals surface area (Å²) < 4.78 is 10.5. The summed E-state index contributed by atoms with van der Waals surface area (Å²) in [5.74, 6) is 0.928. The molecular formula is C18H24N4O3. The van der Waals surface area contributed by atoms with Crippen LogP contribution >= 0.6 is 0 Å². The minimum Gasteiger partial charge on any atom is -0.497 e. The zero-order chi connectivity index (χ0) is 18.2. The van der Waals surface area contributed by atoms with E-state index >= 15 is 0 Å². The van der Waals surface area contributed by atoms with Gasteiger partial charge in [0.05, 0.1) is 31.2 Å². The Kier molecular flexibility index (Phi) is 6.59. The Morgan fingerprint density at radius 3 is 2.64 bits per heavy atom. The quantitative estimate of drug-likeness (QED) is 0.765. The molecule has 1 amide bonds. The Labute approximate surface area is 148 Å². The highest BCUT2D eigenvalue weighted by molar-refractivity contribution is 6.05. The van der Waals surface area contributed by atoms with Crippen molar-refractivity contribution in [1.82, 2.24) is 9.88 Å². The number of amides is 1. The van der Waals surface area contributed by atoms with E-state index in [4.69, 9.17) is 9.47 Å². The number of rotatable bonds is 8. The molecule has 7 heteroatoms. The highest BCUT2D eigenvalue weighted by atomic mass is 16.5. The number of carbonyl (C=O) groups is 1. The molecule has 0 spiro atoms. The molecule has 0 fully saturated rings. The van der Waals surface area contributed by atoms with Gasteiger partial charge in [0.25, 0.3) is 5.91 Å². The van der Waals surface area contributed by atoms with Crippen molar-refractivity contribution in [2.45, 2.75) is 0 Å². The summed E-state index contributed by atoms with van der Waals surface area (Å²) in [5.41, 5.74) is 1.84. The Morgan fingerprint density at radius 2 is 1.96 bits per heavy atom. The number of methoxy groups -OCH3 is 2. The predicted molar refractivity (Wildman–Crippen MR) is 98.8 cm³/mol. The SMILES string of the molecule is COc1ccc(NC(=O)c2cncc(NCCN(C)C)c2)c(OC)c1. The monoisotopic (exact) mass is 344 g/mol. The molecule has 2 rings (SSSR count). The summed E-state index contributed by atoms with van der Waals surface area (Å²) in [4.78, 5) is 18.7. The first-order chi connectivity index (χ1) is 12.0. The van der Waals surface area contributed by atoms with E-state index < -0.39 is 0 Å². The Balaban J connectivity index is 2.08. The van der Waals surface area contributed by atoms with Gasteiger partial charge in [-0.3, -0.25) is 9.78 Å². The minimum absolute atomic E-state index is 0.257. The van der Waals surface area contributed by atoms with Crippen LogP contribution in [0.4, 0.5) is 11.4 Å². The van der Waals surface area contributed by atoms with Gasteiger partial charge in [-0.25, -0.2) is 0 Å². The zero-order valence-corrected chi connectivity index (χ0v) is 15.0. The molecule has 0 aliphatic heterocycles. The van der Waals surface area contributed by atoms with Gasteiger partial charge in [-0.05, 0) is 32.3 Å². The molecular weight excluding hydrogens is 320 g/mol. The maximum atomic E-state index is 12.5. The lowest BCUT2D eigenvalue weighted by molar-refractivity contribution is 0.102. The van der Waals surface area contributed by atoms with E-state index in [1.54, 1.807) is 44.7 Å². The molecule has 1 aromatic carbocycles. The molecule has 0 saturated heterocycles. The molecule has 0 aliphatic carbocycles. The molecule has 134 valence electrons. The molecule has 2 N–H and O–H groups in total. The average Bonchev–Trinajstić information content (AvgIpc) is 2.62. The van der Waals surface area contributed by atoms with Gasteiger partial charge in [0.2, 0.25) is 0 Å². The van der Waals surface area contributed by atoms with Crippen molar-refractivity contribution in [3.05, 3.63) is 42.2 Å². The first kappa shape index (κ1) is 18.5. The highest BCUT2D eigenvalue weighted by Gasteiger charge is 2.12. The molecule has 0 unspecified atom stereocenters. The Hall–Kier alpha value is -2.80. The molecule has 0 bridgehead atoms. The Morgan fingerprint density at radius 1 is 1.16 bits per heavy atom. The van der Waals surface area contributed by atoms with Gasteiger partial charge in [-0.15, -0.1) is 0 Å². The second-order valence-electron chi connectivity index (χ2n) is 5.71. The van der Waals surface area contributed by atoms with Crippen LogP contribution in [0.3, 0.4) is 0 Å².